The molecule has 1 unspecified atom stereocenters. The van der Waals surface area contributed by atoms with E-state index in [0.29, 0.717) is 0 Å². The molecule has 2 aromatic carbocycles. The van der Waals surface area contributed by atoms with Crippen LogP contribution in [0.1, 0.15) is 22.9 Å². The highest BCUT2D eigenvalue weighted by atomic mass is 15.5. The fourth-order valence-corrected chi connectivity index (χ4v) is 2.34. The van der Waals surface area contributed by atoms with E-state index in [1.54, 1.807) is 4.80 Å². The van der Waals surface area contributed by atoms with Gasteiger partial charge in [-0.15, -0.1) is 0 Å². The van der Waals surface area contributed by atoms with Crippen LogP contribution in [0.4, 0.5) is 0 Å². The van der Waals surface area contributed by atoms with E-state index in [9.17, 15) is 0 Å². The fraction of sp³-hybridized carbons (Fsp3) is 0.176. The quantitative estimate of drug-likeness (QED) is 0.798. The minimum atomic E-state index is 0.0445. The third kappa shape index (κ3) is 2.85. The maximum atomic E-state index is 4.59. The topological polar surface area (TPSA) is 42.7 Å². The number of nitrogens with one attached hydrogen (secondary N) is 1. The molecule has 0 fully saturated rings. The number of hydrogen-bond acceptors (Lipinski definition) is 3. The van der Waals surface area contributed by atoms with Gasteiger partial charge in [-0.3, -0.25) is 0 Å². The minimum Gasteiger partial charge on any atom is -0.308 e. The van der Waals surface area contributed by atoms with Crippen molar-refractivity contribution in [3.63, 3.8) is 0 Å². The predicted octanol–water partition coefficient (Wildman–Crippen LogP) is 2.88. The smallest absolute Gasteiger partial charge is 0.105 e. The van der Waals surface area contributed by atoms with Crippen LogP contribution in [0.25, 0.3) is 5.69 Å². The van der Waals surface area contributed by atoms with Gasteiger partial charge in [0, 0.05) is 0 Å². The van der Waals surface area contributed by atoms with Gasteiger partial charge in [-0.05, 0) is 31.7 Å². The van der Waals surface area contributed by atoms with Crippen molar-refractivity contribution in [2.75, 3.05) is 7.05 Å². The Kier molecular flexibility index (Phi) is 3.79. The number of rotatable bonds is 4. The Bertz CT molecular complexity index is 701. The molecular formula is C17H18N4. The molecule has 0 saturated heterocycles. The predicted molar refractivity (Wildman–Crippen MR) is 83.4 cm³/mol. The molecule has 1 atom stereocenters. The second-order valence-corrected chi connectivity index (χ2v) is 5.03. The normalized spacial score (nSPS) is 12.3. The van der Waals surface area contributed by atoms with E-state index in [4.69, 9.17) is 0 Å². The van der Waals surface area contributed by atoms with Gasteiger partial charge in [-0.25, -0.2) is 0 Å². The Balaban J connectivity index is 1.92. The van der Waals surface area contributed by atoms with Gasteiger partial charge < -0.3 is 5.32 Å². The lowest BCUT2D eigenvalue weighted by molar-refractivity contribution is 0.649. The first-order valence-corrected chi connectivity index (χ1v) is 6.99. The summed E-state index contributed by atoms with van der Waals surface area (Å²) in [5, 5.41) is 12.3. The van der Waals surface area contributed by atoms with Crippen molar-refractivity contribution in [2.24, 2.45) is 0 Å². The standard InChI is InChI=1S/C17H18N4/c1-13-8-10-14(11-9-13)17(18-2)16-12-19-21(20-16)15-6-4-3-5-7-15/h3-12,17-18H,1-2H3. The molecule has 1 heterocycles. The molecule has 1 N–H and O–H groups in total. The highest BCUT2D eigenvalue weighted by Gasteiger charge is 2.15. The van der Waals surface area contributed by atoms with Crippen LogP contribution < -0.4 is 5.32 Å². The van der Waals surface area contributed by atoms with Crippen molar-refractivity contribution in [2.45, 2.75) is 13.0 Å². The number of nitrogens with zero attached hydrogens (tertiary/aromatic N) is 3. The molecule has 3 aromatic rings. The lowest BCUT2D eigenvalue weighted by Gasteiger charge is -2.13. The maximum Gasteiger partial charge on any atom is 0.105 e. The fourth-order valence-electron chi connectivity index (χ4n) is 2.34. The summed E-state index contributed by atoms with van der Waals surface area (Å²) >= 11 is 0. The Morgan fingerprint density at radius 2 is 1.71 bits per heavy atom. The second-order valence-electron chi connectivity index (χ2n) is 5.03. The molecule has 0 spiro atoms. The summed E-state index contributed by atoms with van der Waals surface area (Å²) in [6.45, 7) is 2.09. The van der Waals surface area contributed by atoms with E-state index < -0.39 is 0 Å². The highest BCUT2D eigenvalue weighted by Crippen LogP contribution is 2.20. The zero-order chi connectivity index (χ0) is 14.7. The van der Waals surface area contributed by atoms with Gasteiger partial charge in [0.05, 0.1) is 17.9 Å². The van der Waals surface area contributed by atoms with E-state index in [1.807, 2.05) is 43.6 Å². The van der Waals surface area contributed by atoms with Gasteiger partial charge in [0.1, 0.15) is 5.69 Å². The first-order valence-electron chi connectivity index (χ1n) is 6.99. The molecule has 0 aliphatic heterocycles. The molecule has 4 nitrogen and oxygen atoms in total. The zero-order valence-corrected chi connectivity index (χ0v) is 12.2. The number of benzene rings is 2. The largest absolute Gasteiger partial charge is 0.308 e. The third-order valence-corrected chi connectivity index (χ3v) is 3.49. The SMILES string of the molecule is CNC(c1ccc(C)cc1)c1cnn(-c2ccccc2)n1. The van der Waals surface area contributed by atoms with Crippen LogP contribution in [0.2, 0.25) is 0 Å². The molecule has 0 saturated carbocycles. The average molecular weight is 278 g/mol. The third-order valence-electron chi connectivity index (χ3n) is 3.49. The molecule has 0 aliphatic rings. The van der Waals surface area contributed by atoms with E-state index in [2.05, 4.69) is 46.7 Å². The number of para-hydroxylation sites is 1. The van der Waals surface area contributed by atoms with Crippen LogP contribution in [0, 0.1) is 6.92 Å². The molecule has 0 bridgehead atoms. The molecule has 0 aliphatic carbocycles. The van der Waals surface area contributed by atoms with Crippen LogP contribution in [0.3, 0.4) is 0 Å². The van der Waals surface area contributed by atoms with Crippen molar-refractivity contribution < 1.29 is 0 Å². The summed E-state index contributed by atoms with van der Waals surface area (Å²) < 4.78 is 0. The van der Waals surface area contributed by atoms with Crippen LogP contribution in [-0.4, -0.2) is 22.0 Å². The van der Waals surface area contributed by atoms with Crippen LogP contribution in [-0.2, 0) is 0 Å². The van der Waals surface area contributed by atoms with Crippen molar-refractivity contribution >= 4 is 0 Å². The average Bonchev–Trinajstić information content (AvgIpc) is 3.00. The van der Waals surface area contributed by atoms with Crippen molar-refractivity contribution in [1.29, 1.82) is 0 Å². The van der Waals surface area contributed by atoms with Crippen molar-refractivity contribution in [3.8, 4) is 5.69 Å². The molecule has 0 radical (unpaired) electrons. The van der Waals surface area contributed by atoms with Crippen LogP contribution in [0.5, 0.6) is 0 Å². The van der Waals surface area contributed by atoms with Crippen LogP contribution in [0.15, 0.2) is 60.8 Å². The summed E-state index contributed by atoms with van der Waals surface area (Å²) in [7, 11) is 1.94. The van der Waals surface area contributed by atoms with Gasteiger partial charge in [0.25, 0.3) is 0 Å². The number of aromatic nitrogens is 3. The molecule has 106 valence electrons. The van der Waals surface area contributed by atoms with Crippen molar-refractivity contribution in [3.05, 3.63) is 77.6 Å². The first kappa shape index (κ1) is 13.5. The van der Waals surface area contributed by atoms with E-state index in [0.717, 1.165) is 11.4 Å². The Hall–Kier alpha value is -2.46. The van der Waals surface area contributed by atoms with Gasteiger partial charge in [-0.2, -0.15) is 15.0 Å². The summed E-state index contributed by atoms with van der Waals surface area (Å²) in [5.74, 6) is 0. The van der Waals surface area contributed by atoms with Gasteiger partial charge in [0.2, 0.25) is 0 Å². The summed E-state index contributed by atoms with van der Waals surface area (Å²) in [5.41, 5.74) is 4.30. The maximum absolute atomic E-state index is 4.59. The lowest BCUT2D eigenvalue weighted by Crippen LogP contribution is -2.18. The van der Waals surface area contributed by atoms with E-state index in [1.165, 1.54) is 11.1 Å². The van der Waals surface area contributed by atoms with Gasteiger partial charge in [-0.1, -0.05) is 48.0 Å². The summed E-state index contributed by atoms with van der Waals surface area (Å²) in [6, 6.07) is 18.4. The van der Waals surface area contributed by atoms with E-state index >= 15 is 0 Å². The molecular weight excluding hydrogens is 260 g/mol. The highest BCUT2D eigenvalue weighted by molar-refractivity contribution is 5.31. The van der Waals surface area contributed by atoms with E-state index in [-0.39, 0.29) is 6.04 Å². The number of hydrogen-bond donors (Lipinski definition) is 1. The van der Waals surface area contributed by atoms with Gasteiger partial charge >= 0.3 is 0 Å². The summed E-state index contributed by atoms with van der Waals surface area (Å²) in [4.78, 5) is 1.66. The first-order chi connectivity index (χ1) is 10.3. The molecule has 0 amide bonds. The Labute approximate surface area is 124 Å². The molecule has 3 rings (SSSR count). The Morgan fingerprint density at radius 1 is 1.00 bits per heavy atom. The molecule has 4 heteroatoms. The van der Waals surface area contributed by atoms with Crippen molar-refractivity contribution in [1.82, 2.24) is 20.3 Å². The van der Waals surface area contributed by atoms with Crippen LogP contribution >= 0.6 is 0 Å². The lowest BCUT2D eigenvalue weighted by atomic mass is 10.0. The minimum absolute atomic E-state index is 0.0445. The Morgan fingerprint density at radius 3 is 2.38 bits per heavy atom. The van der Waals surface area contributed by atoms with Gasteiger partial charge in [0.15, 0.2) is 0 Å². The zero-order valence-electron chi connectivity index (χ0n) is 12.2. The summed E-state index contributed by atoms with van der Waals surface area (Å²) in [6.07, 6.45) is 1.81. The second kappa shape index (κ2) is 5.89. The molecule has 1 aromatic heterocycles. The molecule has 21 heavy (non-hydrogen) atoms. The number of aryl methyl sites for hydroxylation is 1. The monoisotopic (exact) mass is 278 g/mol.